The summed E-state index contributed by atoms with van der Waals surface area (Å²) in [6.45, 7) is 11.4. The number of benzene rings is 1. The molecular weight excluding hydrogens is 376 g/mol. The van der Waals surface area contributed by atoms with Gasteiger partial charge in [0.05, 0.1) is 13.2 Å². The van der Waals surface area contributed by atoms with Crippen LogP contribution in [0.25, 0.3) is 0 Å². The Morgan fingerprint density at radius 2 is 1.90 bits per heavy atom. The molecule has 1 amide bonds. The van der Waals surface area contributed by atoms with Gasteiger partial charge in [-0.05, 0) is 29.2 Å². The molecule has 0 spiro atoms. The average molecular weight is 411 g/mol. The SMILES string of the molecule is CN(c1ccc(C(C)(C)C)cc1)C(C(=O)NCCN1CCOCC1)c1cccnc1. The van der Waals surface area contributed by atoms with E-state index < -0.39 is 6.04 Å². The molecule has 1 saturated heterocycles. The van der Waals surface area contributed by atoms with Crippen molar-refractivity contribution in [1.82, 2.24) is 15.2 Å². The first-order valence-electron chi connectivity index (χ1n) is 10.7. The Balaban J connectivity index is 1.72. The second kappa shape index (κ2) is 10.0. The molecule has 1 aliphatic heterocycles. The fraction of sp³-hybridized carbons (Fsp3) is 0.500. The first kappa shape index (κ1) is 22.2. The average Bonchev–Trinajstić information content (AvgIpc) is 2.75. The number of likely N-dealkylation sites (N-methyl/N-ethyl adjacent to an activating group) is 1. The van der Waals surface area contributed by atoms with E-state index in [4.69, 9.17) is 4.74 Å². The molecule has 0 bridgehead atoms. The van der Waals surface area contributed by atoms with E-state index in [0.717, 1.165) is 44.1 Å². The Morgan fingerprint density at radius 1 is 1.20 bits per heavy atom. The summed E-state index contributed by atoms with van der Waals surface area (Å²) < 4.78 is 5.39. The van der Waals surface area contributed by atoms with E-state index in [9.17, 15) is 4.79 Å². The van der Waals surface area contributed by atoms with Crippen LogP contribution in [-0.2, 0) is 14.9 Å². The Labute approximate surface area is 180 Å². The molecule has 0 radical (unpaired) electrons. The molecule has 2 aromatic rings. The van der Waals surface area contributed by atoms with Gasteiger partial charge >= 0.3 is 0 Å². The van der Waals surface area contributed by atoms with Crippen molar-refractivity contribution < 1.29 is 9.53 Å². The molecule has 30 heavy (non-hydrogen) atoms. The Hall–Kier alpha value is -2.44. The third-order valence-electron chi connectivity index (χ3n) is 5.61. The van der Waals surface area contributed by atoms with Crippen LogP contribution in [-0.4, -0.2) is 62.2 Å². The lowest BCUT2D eigenvalue weighted by molar-refractivity contribution is -0.122. The zero-order valence-corrected chi connectivity index (χ0v) is 18.6. The van der Waals surface area contributed by atoms with Crippen molar-refractivity contribution in [3.05, 3.63) is 59.9 Å². The zero-order valence-electron chi connectivity index (χ0n) is 18.6. The van der Waals surface area contributed by atoms with Gasteiger partial charge in [0, 0.05) is 56.9 Å². The normalized spacial score (nSPS) is 16.1. The topological polar surface area (TPSA) is 57.7 Å². The number of nitrogens with zero attached hydrogens (tertiary/aromatic N) is 3. The molecule has 3 rings (SSSR count). The molecule has 6 heteroatoms. The predicted molar refractivity (Wildman–Crippen MR) is 121 cm³/mol. The molecule has 0 aliphatic carbocycles. The number of morpholine rings is 1. The van der Waals surface area contributed by atoms with Crippen LogP contribution in [0.4, 0.5) is 5.69 Å². The highest BCUT2D eigenvalue weighted by Crippen LogP contribution is 2.29. The number of hydrogen-bond acceptors (Lipinski definition) is 5. The molecule has 2 heterocycles. The maximum atomic E-state index is 13.2. The Bertz CT molecular complexity index is 796. The van der Waals surface area contributed by atoms with E-state index in [1.807, 2.05) is 24.1 Å². The van der Waals surface area contributed by atoms with Gasteiger partial charge in [0.1, 0.15) is 6.04 Å². The van der Waals surface area contributed by atoms with Crippen LogP contribution in [0.5, 0.6) is 0 Å². The van der Waals surface area contributed by atoms with Gasteiger partial charge in [-0.15, -0.1) is 0 Å². The van der Waals surface area contributed by atoms with Crippen LogP contribution in [0.15, 0.2) is 48.8 Å². The fourth-order valence-electron chi connectivity index (χ4n) is 3.69. The minimum absolute atomic E-state index is 0.0151. The fourth-order valence-corrected chi connectivity index (χ4v) is 3.69. The minimum Gasteiger partial charge on any atom is -0.379 e. The maximum absolute atomic E-state index is 13.2. The molecule has 1 aliphatic rings. The van der Waals surface area contributed by atoms with Crippen molar-refractivity contribution in [2.45, 2.75) is 32.2 Å². The molecule has 1 aromatic heterocycles. The highest BCUT2D eigenvalue weighted by Gasteiger charge is 2.26. The summed E-state index contributed by atoms with van der Waals surface area (Å²) in [6, 6.07) is 11.9. The number of amides is 1. The van der Waals surface area contributed by atoms with Crippen LogP contribution in [0.2, 0.25) is 0 Å². The number of rotatable bonds is 7. The lowest BCUT2D eigenvalue weighted by Crippen LogP contribution is -2.44. The summed E-state index contributed by atoms with van der Waals surface area (Å²) >= 11 is 0. The summed E-state index contributed by atoms with van der Waals surface area (Å²) in [5.74, 6) is -0.0151. The van der Waals surface area contributed by atoms with E-state index in [1.54, 1.807) is 12.4 Å². The monoisotopic (exact) mass is 410 g/mol. The standard InChI is InChI=1S/C24H34N4O2/c1-24(2,3)20-7-9-21(10-8-20)27(4)22(19-6-5-11-25-18-19)23(29)26-12-13-28-14-16-30-17-15-28/h5-11,18,22H,12-17H2,1-4H3,(H,26,29). The molecule has 1 unspecified atom stereocenters. The highest BCUT2D eigenvalue weighted by atomic mass is 16.5. The van der Waals surface area contributed by atoms with Gasteiger partial charge in [0.15, 0.2) is 0 Å². The highest BCUT2D eigenvalue weighted by molar-refractivity contribution is 5.86. The van der Waals surface area contributed by atoms with Crippen LogP contribution in [0.1, 0.15) is 37.9 Å². The second-order valence-corrected chi connectivity index (χ2v) is 8.84. The van der Waals surface area contributed by atoms with Crippen molar-refractivity contribution in [1.29, 1.82) is 0 Å². The van der Waals surface area contributed by atoms with E-state index in [-0.39, 0.29) is 11.3 Å². The molecule has 6 nitrogen and oxygen atoms in total. The van der Waals surface area contributed by atoms with E-state index in [1.165, 1.54) is 5.56 Å². The molecule has 1 fully saturated rings. The summed E-state index contributed by atoms with van der Waals surface area (Å²) in [6.07, 6.45) is 3.50. The first-order chi connectivity index (χ1) is 14.4. The van der Waals surface area contributed by atoms with Gasteiger partial charge in [-0.3, -0.25) is 14.7 Å². The number of carbonyl (C=O) groups is 1. The molecule has 1 atom stereocenters. The number of aromatic nitrogens is 1. The van der Waals surface area contributed by atoms with Crippen molar-refractivity contribution in [3.63, 3.8) is 0 Å². The van der Waals surface area contributed by atoms with Crippen LogP contribution in [0.3, 0.4) is 0 Å². The Kier molecular flexibility index (Phi) is 7.45. The number of carbonyl (C=O) groups excluding carboxylic acids is 1. The predicted octanol–water partition coefficient (Wildman–Crippen LogP) is 3.01. The third kappa shape index (κ3) is 5.80. The van der Waals surface area contributed by atoms with Crippen molar-refractivity contribution in [3.8, 4) is 0 Å². The van der Waals surface area contributed by atoms with Crippen molar-refractivity contribution >= 4 is 11.6 Å². The van der Waals surface area contributed by atoms with Crippen molar-refractivity contribution in [2.24, 2.45) is 0 Å². The van der Waals surface area contributed by atoms with Crippen LogP contribution in [0, 0.1) is 0 Å². The van der Waals surface area contributed by atoms with Crippen LogP contribution >= 0.6 is 0 Å². The molecule has 1 N–H and O–H groups in total. The minimum atomic E-state index is -0.441. The van der Waals surface area contributed by atoms with Gasteiger partial charge in [0.2, 0.25) is 5.91 Å². The quantitative estimate of drug-likeness (QED) is 0.760. The number of ether oxygens (including phenoxy) is 1. The zero-order chi connectivity index (χ0) is 21.6. The molecule has 0 saturated carbocycles. The largest absolute Gasteiger partial charge is 0.379 e. The Morgan fingerprint density at radius 3 is 2.50 bits per heavy atom. The summed E-state index contributed by atoms with van der Waals surface area (Å²) in [5.41, 5.74) is 3.24. The van der Waals surface area contributed by atoms with E-state index in [0.29, 0.717) is 6.54 Å². The lowest BCUT2D eigenvalue weighted by atomic mass is 9.87. The molecule has 1 aromatic carbocycles. The summed E-state index contributed by atoms with van der Waals surface area (Å²) in [7, 11) is 1.96. The van der Waals surface area contributed by atoms with Gasteiger partial charge in [-0.25, -0.2) is 0 Å². The van der Waals surface area contributed by atoms with E-state index in [2.05, 4.69) is 60.2 Å². The molecular formula is C24H34N4O2. The second-order valence-electron chi connectivity index (χ2n) is 8.84. The number of nitrogens with one attached hydrogen (secondary N) is 1. The number of anilines is 1. The van der Waals surface area contributed by atoms with Crippen molar-refractivity contribution in [2.75, 3.05) is 51.3 Å². The number of pyridine rings is 1. The summed E-state index contributed by atoms with van der Waals surface area (Å²) in [4.78, 5) is 21.8. The first-order valence-corrected chi connectivity index (χ1v) is 10.7. The van der Waals surface area contributed by atoms with Gasteiger partial charge in [0.25, 0.3) is 0 Å². The third-order valence-corrected chi connectivity index (χ3v) is 5.61. The summed E-state index contributed by atoms with van der Waals surface area (Å²) in [5, 5.41) is 3.12. The number of hydrogen-bond donors (Lipinski definition) is 1. The maximum Gasteiger partial charge on any atom is 0.247 e. The van der Waals surface area contributed by atoms with Gasteiger partial charge in [-0.2, -0.15) is 0 Å². The smallest absolute Gasteiger partial charge is 0.247 e. The van der Waals surface area contributed by atoms with Gasteiger partial charge in [-0.1, -0.05) is 39.0 Å². The molecule has 162 valence electrons. The van der Waals surface area contributed by atoms with Crippen LogP contribution < -0.4 is 10.2 Å². The van der Waals surface area contributed by atoms with E-state index >= 15 is 0 Å². The lowest BCUT2D eigenvalue weighted by Gasteiger charge is -2.31. The van der Waals surface area contributed by atoms with Gasteiger partial charge < -0.3 is 15.0 Å².